The number of hydrogen-bond acceptors (Lipinski definition) is 6. The van der Waals surface area contributed by atoms with E-state index in [1.54, 1.807) is 24.3 Å². The molecule has 1 unspecified atom stereocenters. The zero-order valence-electron chi connectivity index (χ0n) is 14.5. The van der Waals surface area contributed by atoms with Crippen LogP contribution in [0.25, 0.3) is 0 Å². The van der Waals surface area contributed by atoms with Gasteiger partial charge in [-0.2, -0.15) is 0 Å². The number of carbonyl (C=O) groups excluding carboxylic acids is 1. The SMILES string of the molecule is COC(=O)CC(NS(=O)(=O)c1cccc(S(C)(=O)=O)c1)c1ccccc1Cl. The van der Waals surface area contributed by atoms with E-state index in [1.165, 1.54) is 25.3 Å². The average Bonchev–Trinajstić information content (AvgIpc) is 2.60. The van der Waals surface area contributed by atoms with Crippen LogP contribution in [-0.4, -0.2) is 36.2 Å². The summed E-state index contributed by atoms with van der Waals surface area (Å²) in [6, 6.07) is 10.4. The van der Waals surface area contributed by atoms with E-state index in [-0.39, 0.29) is 21.2 Å². The van der Waals surface area contributed by atoms with Crippen LogP contribution >= 0.6 is 11.6 Å². The first-order valence-corrected chi connectivity index (χ1v) is 11.4. The van der Waals surface area contributed by atoms with Crippen molar-refractivity contribution in [1.82, 2.24) is 4.72 Å². The van der Waals surface area contributed by atoms with Gasteiger partial charge in [0.2, 0.25) is 10.0 Å². The number of ether oxygens (including phenoxy) is 1. The minimum Gasteiger partial charge on any atom is -0.469 e. The third kappa shape index (κ3) is 5.52. The minimum absolute atomic E-state index is 0.132. The van der Waals surface area contributed by atoms with Crippen molar-refractivity contribution < 1.29 is 26.4 Å². The van der Waals surface area contributed by atoms with Crippen molar-refractivity contribution in [2.45, 2.75) is 22.3 Å². The van der Waals surface area contributed by atoms with Crippen LogP contribution in [0.4, 0.5) is 0 Å². The van der Waals surface area contributed by atoms with Crippen LogP contribution in [-0.2, 0) is 29.4 Å². The van der Waals surface area contributed by atoms with Crippen molar-refractivity contribution in [2.24, 2.45) is 0 Å². The molecule has 2 aromatic rings. The van der Waals surface area contributed by atoms with Gasteiger partial charge in [-0.15, -0.1) is 0 Å². The Labute approximate surface area is 163 Å². The third-order valence-corrected chi connectivity index (χ3v) is 6.64. The molecule has 0 amide bonds. The van der Waals surface area contributed by atoms with E-state index in [2.05, 4.69) is 9.46 Å². The molecule has 2 aromatic carbocycles. The Kier molecular flexibility index (Phi) is 6.63. The Morgan fingerprint density at radius 3 is 2.30 bits per heavy atom. The topological polar surface area (TPSA) is 107 Å². The number of carbonyl (C=O) groups is 1. The summed E-state index contributed by atoms with van der Waals surface area (Å²) in [5, 5.41) is 0.277. The van der Waals surface area contributed by atoms with E-state index < -0.39 is 31.9 Å². The van der Waals surface area contributed by atoms with Crippen LogP contribution in [0.3, 0.4) is 0 Å². The fourth-order valence-electron chi connectivity index (χ4n) is 2.35. The molecule has 27 heavy (non-hydrogen) atoms. The molecule has 0 heterocycles. The number of sulfonamides is 1. The molecule has 0 bridgehead atoms. The van der Waals surface area contributed by atoms with Gasteiger partial charge < -0.3 is 4.74 Å². The zero-order valence-corrected chi connectivity index (χ0v) is 16.9. The number of rotatable bonds is 7. The summed E-state index contributed by atoms with van der Waals surface area (Å²) in [6.07, 6.45) is 0.696. The summed E-state index contributed by atoms with van der Waals surface area (Å²) in [4.78, 5) is 11.4. The summed E-state index contributed by atoms with van der Waals surface area (Å²) in [5.74, 6) is -0.632. The molecule has 7 nitrogen and oxygen atoms in total. The van der Waals surface area contributed by atoms with E-state index in [0.717, 1.165) is 12.3 Å². The Balaban J connectivity index is 2.44. The molecule has 1 atom stereocenters. The molecular weight excluding hydrogens is 414 g/mol. The lowest BCUT2D eigenvalue weighted by atomic mass is 10.1. The molecule has 0 aliphatic heterocycles. The highest BCUT2D eigenvalue weighted by Crippen LogP contribution is 2.27. The first kappa shape index (κ1) is 21.4. The Hall–Kier alpha value is -1.94. The van der Waals surface area contributed by atoms with Crippen LogP contribution in [0.15, 0.2) is 58.3 Å². The first-order valence-electron chi connectivity index (χ1n) is 7.68. The Morgan fingerprint density at radius 2 is 1.70 bits per heavy atom. The van der Waals surface area contributed by atoms with Gasteiger partial charge in [0.05, 0.1) is 29.4 Å². The maximum atomic E-state index is 12.8. The van der Waals surface area contributed by atoms with Crippen molar-refractivity contribution in [3.8, 4) is 0 Å². The van der Waals surface area contributed by atoms with E-state index in [9.17, 15) is 21.6 Å². The maximum Gasteiger partial charge on any atom is 0.307 e. The third-order valence-electron chi connectivity index (χ3n) is 3.72. The number of hydrogen-bond donors (Lipinski definition) is 1. The molecular formula is C17H18ClNO6S2. The summed E-state index contributed by atoms with van der Waals surface area (Å²) >= 11 is 6.14. The lowest BCUT2D eigenvalue weighted by molar-refractivity contribution is -0.141. The van der Waals surface area contributed by atoms with Crippen LogP contribution in [0, 0.1) is 0 Å². The van der Waals surface area contributed by atoms with Crippen LogP contribution in [0.5, 0.6) is 0 Å². The summed E-state index contributed by atoms with van der Waals surface area (Å²) in [7, 11) is -6.53. The van der Waals surface area contributed by atoms with Crippen molar-refractivity contribution >= 4 is 37.4 Å². The molecule has 0 aliphatic carbocycles. The van der Waals surface area contributed by atoms with E-state index in [4.69, 9.17) is 11.6 Å². The zero-order chi connectivity index (χ0) is 20.2. The van der Waals surface area contributed by atoms with Gasteiger partial charge in [-0.3, -0.25) is 4.79 Å². The molecule has 0 saturated heterocycles. The highest BCUT2D eigenvalue weighted by atomic mass is 35.5. The largest absolute Gasteiger partial charge is 0.469 e. The average molecular weight is 432 g/mol. The van der Waals surface area contributed by atoms with E-state index in [0.29, 0.717) is 5.56 Å². The molecule has 0 radical (unpaired) electrons. The normalized spacial score (nSPS) is 13.1. The number of methoxy groups -OCH3 is 1. The predicted molar refractivity (Wildman–Crippen MR) is 101 cm³/mol. The predicted octanol–water partition coefficient (Wildman–Crippen LogP) is 2.33. The highest BCUT2D eigenvalue weighted by molar-refractivity contribution is 7.91. The van der Waals surface area contributed by atoms with E-state index >= 15 is 0 Å². The summed E-state index contributed by atoms with van der Waals surface area (Å²) in [6.45, 7) is 0. The van der Waals surface area contributed by atoms with Gasteiger partial charge in [0.15, 0.2) is 9.84 Å². The number of sulfone groups is 1. The van der Waals surface area contributed by atoms with Crippen LogP contribution < -0.4 is 4.72 Å². The monoisotopic (exact) mass is 431 g/mol. The highest BCUT2D eigenvalue weighted by Gasteiger charge is 2.26. The van der Waals surface area contributed by atoms with Gasteiger partial charge in [-0.05, 0) is 29.8 Å². The Bertz CT molecular complexity index is 1050. The summed E-state index contributed by atoms with van der Waals surface area (Å²) in [5.41, 5.74) is 0.396. The van der Waals surface area contributed by atoms with Crippen molar-refractivity contribution in [3.63, 3.8) is 0 Å². The molecule has 0 aliphatic rings. The molecule has 0 spiro atoms. The smallest absolute Gasteiger partial charge is 0.307 e. The summed E-state index contributed by atoms with van der Waals surface area (Å²) < 4.78 is 56.0. The Morgan fingerprint density at radius 1 is 1.07 bits per heavy atom. The minimum atomic E-state index is -4.14. The van der Waals surface area contributed by atoms with Crippen molar-refractivity contribution in [1.29, 1.82) is 0 Å². The molecule has 2 rings (SSSR count). The molecule has 1 N–H and O–H groups in total. The maximum absolute atomic E-state index is 12.8. The fraction of sp³-hybridized carbons (Fsp3) is 0.235. The molecule has 0 saturated carbocycles. The second-order valence-electron chi connectivity index (χ2n) is 5.72. The number of esters is 1. The number of halogens is 1. The van der Waals surface area contributed by atoms with Gasteiger partial charge in [0, 0.05) is 11.3 Å². The number of nitrogens with one attached hydrogen (secondary N) is 1. The molecule has 146 valence electrons. The second kappa shape index (κ2) is 8.39. The fourth-order valence-corrected chi connectivity index (χ4v) is 4.62. The van der Waals surface area contributed by atoms with Gasteiger partial charge in [-0.1, -0.05) is 35.9 Å². The molecule has 0 fully saturated rings. The van der Waals surface area contributed by atoms with E-state index in [1.807, 2.05) is 0 Å². The van der Waals surface area contributed by atoms with Crippen LogP contribution in [0.1, 0.15) is 18.0 Å². The van der Waals surface area contributed by atoms with Gasteiger partial charge >= 0.3 is 5.97 Å². The lowest BCUT2D eigenvalue weighted by Gasteiger charge is -2.19. The van der Waals surface area contributed by atoms with Gasteiger partial charge in [-0.25, -0.2) is 21.6 Å². The first-order chi connectivity index (χ1) is 12.5. The number of benzene rings is 2. The standard InChI is InChI=1S/C17H18ClNO6S2/c1-25-17(20)11-16(14-8-3-4-9-15(14)18)19-27(23,24)13-7-5-6-12(10-13)26(2,21)22/h3-10,16,19H,11H2,1-2H3. The molecule has 10 heteroatoms. The van der Waals surface area contributed by atoms with Gasteiger partial charge in [0.25, 0.3) is 0 Å². The lowest BCUT2D eigenvalue weighted by Crippen LogP contribution is -2.31. The van der Waals surface area contributed by atoms with Gasteiger partial charge in [0.1, 0.15) is 0 Å². The van der Waals surface area contributed by atoms with Crippen LogP contribution in [0.2, 0.25) is 5.02 Å². The quantitative estimate of drug-likeness (QED) is 0.674. The van der Waals surface area contributed by atoms with Crippen molar-refractivity contribution in [3.05, 3.63) is 59.1 Å². The van der Waals surface area contributed by atoms with Crippen molar-refractivity contribution in [2.75, 3.05) is 13.4 Å². The second-order valence-corrected chi connectivity index (χ2v) is 9.86. The molecule has 0 aromatic heterocycles.